The van der Waals surface area contributed by atoms with Crippen LogP contribution in [0, 0.1) is 0 Å². The number of hydrogen-bond donors (Lipinski definition) is 2. The van der Waals surface area contributed by atoms with E-state index in [0.717, 1.165) is 24.9 Å². The summed E-state index contributed by atoms with van der Waals surface area (Å²) in [5.41, 5.74) is -3.51. The lowest BCUT2D eigenvalue weighted by Crippen LogP contribution is -2.27. The second-order valence-corrected chi connectivity index (χ2v) is 5.46. The van der Waals surface area contributed by atoms with Gasteiger partial charge in [0.05, 0.1) is 12.1 Å². The van der Waals surface area contributed by atoms with Crippen molar-refractivity contribution in [2.24, 2.45) is 0 Å². The highest BCUT2D eigenvalue weighted by Crippen LogP contribution is 2.37. The van der Waals surface area contributed by atoms with Gasteiger partial charge in [0.1, 0.15) is 0 Å². The largest absolute Gasteiger partial charge is 0.446 e. The number of aliphatic hydroxyl groups excluding tert-OH is 1. The van der Waals surface area contributed by atoms with Crippen LogP contribution in [-0.2, 0) is 0 Å². The summed E-state index contributed by atoms with van der Waals surface area (Å²) >= 11 is -0.124. The third kappa shape index (κ3) is 3.81. The number of anilines is 1. The molecule has 0 bridgehead atoms. The SMILES string of the molecule is O[C@H]1CCC[C@@H]1Nc1ccc(SC(F)(F)F)cc1. The lowest BCUT2D eigenvalue weighted by Gasteiger charge is -2.18. The third-order valence-electron chi connectivity index (χ3n) is 2.92. The molecule has 1 aliphatic rings. The zero-order valence-corrected chi connectivity index (χ0v) is 10.4. The van der Waals surface area contributed by atoms with Crippen molar-refractivity contribution in [3.05, 3.63) is 24.3 Å². The van der Waals surface area contributed by atoms with Crippen molar-refractivity contribution in [2.75, 3.05) is 5.32 Å². The van der Waals surface area contributed by atoms with Crippen LogP contribution in [0.1, 0.15) is 19.3 Å². The number of hydrogen-bond acceptors (Lipinski definition) is 3. The number of halogens is 3. The van der Waals surface area contributed by atoms with Gasteiger partial charge < -0.3 is 10.4 Å². The normalized spacial score (nSPS) is 24.2. The van der Waals surface area contributed by atoms with Crippen LogP contribution in [0.25, 0.3) is 0 Å². The van der Waals surface area contributed by atoms with Crippen LogP contribution in [0.4, 0.5) is 18.9 Å². The Kier molecular flexibility index (Phi) is 4.07. The van der Waals surface area contributed by atoms with Crippen molar-refractivity contribution >= 4 is 17.4 Å². The maximum absolute atomic E-state index is 12.1. The van der Waals surface area contributed by atoms with Gasteiger partial charge in [0.2, 0.25) is 0 Å². The summed E-state index contributed by atoms with van der Waals surface area (Å²) in [5.74, 6) is 0. The number of aliphatic hydroxyl groups is 1. The van der Waals surface area contributed by atoms with Gasteiger partial charge in [-0.1, -0.05) is 0 Å². The van der Waals surface area contributed by atoms with E-state index in [9.17, 15) is 18.3 Å². The molecule has 2 atom stereocenters. The van der Waals surface area contributed by atoms with E-state index >= 15 is 0 Å². The molecule has 6 heteroatoms. The molecule has 1 aromatic carbocycles. The zero-order valence-electron chi connectivity index (χ0n) is 9.57. The molecule has 18 heavy (non-hydrogen) atoms. The van der Waals surface area contributed by atoms with Gasteiger partial charge in [-0.15, -0.1) is 0 Å². The Labute approximate surface area is 108 Å². The fourth-order valence-corrected chi connectivity index (χ4v) is 2.62. The molecule has 100 valence electrons. The van der Waals surface area contributed by atoms with E-state index in [2.05, 4.69) is 5.32 Å². The molecule has 1 fully saturated rings. The summed E-state index contributed by atoms with van der Waals surface area (Å²) < 4.78 is 36.4. The van der Waals surface area contributed by atoms with Crippen LogP contribution in [-0.4, -0.2) is 22.8 Å². The highest BCUT2D eigenvalue weighted by atomic mass is 32.2. The number of alkyl halides is 3. The molecule has 0 heterocycles. The fraction of sp³-hybridized carbons (Fsp3) is 0.500. The molecule has 0 aromatic heterocycles. The molecule has 0 saturated heterocycles. The summed E-state index contributed by atoms with van der Waals surface area (Å²) in [7, 11) is 0. The second-order valence-electron chi connectivity index (χ2n) is 4.32. The number of rotatable bonds is 3. The lowest BCUT2D eigenvalue weighted by atomic mass is 10.2. The average molecular weight is 277 g/mol. The van der Waals surface area contributed by atoms with Gasteiger partial charge in [-0.25, -0.2) is 0 Å². The fourth-order valence-electron chi connectivity index (χ4n) is 2.08. The standard InChI is InChI=1S/C12H14F3NOS/c13-12(14,15)18-9-6-4-8(5-7-9)16-10-2-1-3-11(10)17/h4-7,10-11,16-17H,1-3H2/t10-,11-/m0/s1. The van der Waals surface area contributed by atoms with Gasteiger partial charge in [0, 0.05) is 10.6 Å². The van der Waals surface area contributed by atoms with Crippen molar-refractivity contribution in [1.82, 2.24) is 0 Å². The van der Waals surface area contributed by atoms with Crippen LogP contribution in [0.15, 0.2) is 29.2 Å². The molecule has 2 N–H and O–H groups in total. The van der Waals surface area contributed by atoms with Crippen LogP contribution < -0.4 is 5.32 Å². The smallest absolute Gasteiger partial charge is 0.391 e. The van der Waals surface area contributed by atoms with E-state index in [4.69, 9.17) is 0 Å². The number of thioether (sulfide) groups is 1. The predicted octanol–water partition coefficient (Wildman–Crippen LogP) is 3.62. The molecule has 2 nitrogen and oxygen atoms in total. The van der Waals surface area contributed by atoms with E-state index in [-0.39, 0.29) is 28.8 Å². The summed E-state index contributed by atoms with van der Waals surface area (Å²) in [6, 6.07) is 6.09. The second kappa shape index (κ2) is 5.40. The van der Waals surface area contributed by atoms with E-state index in [1.165, 1.54) is 12.1 Å². The molecule has 0 amide bonds. The molecule has 0 spiro atoms. The maximum Gasteiger partial charge on any atom is 0.446 e. The highest BCUT2D eigenvalue weighted by molar-refractivity contribution is 8.00. The van der Waals surface area contributed by atoms with Crippen LogP contribution in [0.5, 0.6) is 0 Å². The Hall–Kier alpha value is -0.880. The van der Waals surface area contributed by atoms with Crippen LogP contribution in [0.3, 0.4) is 0 Å². The van der Waals surface area contributed by atoms with Crippen LogP contribution >= 0.6 is 11.8 Å². The Morgan fingerprint density at radius 2 is 1.83 bits per heavy atom. The molecule has 2 rings (SSSR count). The Morgan fingerprint density at radius 3 is 2.33 bits per heavy atom. The Balaban J connectivity index is 1.95. The first kappa shape index (κ1) is 13.5. The van der Waals surface area contributed by atoms with Crippen molar-refractivity contribution < 1.29 is 18.3 Å². The van der Waals surface area contributed by atoms with Crippen LogP contribution in [0.2, 0.25) is 0 Å². The molecule has 1 aliphatic carbocycles. The lowest BCUT2D eigenvalue weighted by molar-refractivity contribution is -0.0328. The molecular formula is C12H14F3NOS. The minimum absolute atomic E-state index is 0.00567. The monoisotopic (exact) mass is 277 g/mol. The summed E-state index contributed by atoms with van der Waals surface area (Å²) in [6.45, 7) is 0. The van der Waals surface area contributed by atoms with Gasteiger partial charge in [0.25, 0.3) is 0 Å². The van der Waals surface area contributed by atoms with Crippen molar-refractivity contribution in [3.63, 3.8) is 0 Å². The quantitative estimate of drug-likeness (QED) is 0.828. The first-order chi connectivity index (χ1) is 8.44. The van der Waals surface area contributed by atoms with E-state index in [1.54, 1.807) is 12.1 Å². The van der Waals surface area contributed by atoms with Gasteiger partial charge in [0.15, 0.2) is 0 Å². The van der Waals surface area contributed by atoms with Gasteiger partial charge >= 0.3 is 5.51 Å². The molecule has 1 saturated carbocycles. The van der Waals surface area contributed by atoms with Crippen molar-refractivity contribution in [3.8, 4) is 0 Å². The summed E-state index contributed by atoms with van der Waals surface area (Å²) in [5, 5.41) is 12.8. The van der Waals surface area contributed by atoms with E-state index < -0.39 is 5.51 Å². The maximum atomic E-state index is 12.1. The van der Waals surface area contributed by atoms with Crippen molar-refractivity contribution in [2.45, 2.75) is 41.8 Å². The minimum atomic E-state index is -4.25. The first-order valence-corrected chi connectivity index (χ1v) is 6.56. The highest BCUT2D eigenvalue weighted by Gasteiger charge is 2.29. The summed E-state index contributed by atoms with van der Waals surface area (Å²) in [4.78, 5) is 0.167. The average Bonchev–Trinajstić information content (AvgIpc) is 2.65. The minimum Gasteiger partial charge on any atom is -0.391 e. The molecule has 1 aromatic rings. The van der Waals surface area contributed by atoms with Crippen molar-refractivity contribution in [1.29, 1.82) is 0 Å². The third-order valence-corrected chi connectivity index (χ3v) is 3.66. The molecule has 0 aliphatic heterocycles. The van der Waals surface area contributed by atoms with Gasteiger partial charge in [-0.2, -0.15) is 13.2 Å². The van der Waals surface area contributed by atoms with E-state index in [0.29, 0.717) is 0 Å². The van der Waals surface area contributed by atoms with E-state index in [1.807, 2.05) is 0 Å². The molecular weight excluding hydrogens is 263 g/mol. The Morgan fingerprint density at radius 1 is 1.17 bits per heavy atom. The molecule has 0 unspecified atom stereocenters. The predicted molar refractivity (Wildman–Crippen MR) is 65.6 cm³/mol. The number of nitrogens with one attached hydrogen (secondary N) is 1. The van der Waals surface area contributed by atoms with Gasteiger partial charge in [-0.3, -0.25) is 0 Å². The Bertz CT molecular complexity index is 393. The zero-order chi connectivity index (χ0) is 13.2. The topological polar surface area (TPSA) is 32.3 Å². The molecule has 0 radical (unpaired) electrons. The summed E-state index contributed by atoms with van der Waals surface area (Å²) in [6.07, 6.45) is 2.27. The van der Waals surface area contributed by atoms with Gasteiger partial charge in [-0.05, 0) is 55.3 Å². The number of benzene rings is 1. The first-order valence-electron chi connectivity index (χ1n) is 5.74.